The Kier molecular flexibility index (Phi) is 11.1. The molecule has 0 saturated carbocycles. The molecule has 2 atom stereocenters. The van der Waals surface area contributed by atoms with Gasteiger partial charge in [-0.2, -0.15) is 0 Å². The van der Waals surface area contributed by atoms with Crippen LogP contribution in [0.4, 0.5) is 5.69 Å². The molecule has 2 unspecified atom stereocenters. The van der Waals surface area contributed by atoms with Gasteiger partial charge in [0, 0.05) is 81.8 Å². The third-order valence-corrected chi connectivity index (χ3v) is 8.84. The number of hydrogen-bond donors (Lipinski definition) is 1. The fourth-order valence-electron chi connectivity index (χ4n) is 6.28. The van der Waals surface area contributed by atoms with Crippen molar-refractivity contribution < 1.29 is 24.0 Å². The van der Waals surface area contributed by atoms with Crippen LogP contribution in [-0.2, 0) is 19.2 Å². The lowest BCUT2D eigenvalue weighted by molar-refractivity contribution is -0.144. The van der Waals surface area contributed by atoms with E-state index in [4.69, 9.17) is 0 Å². The van der Waals surface area contributed by atoms with Crippen LogP contribution in [0, 0.1) is 11.8 Å². The van der Waals surface area contributed by atoms with Gasteiger partial charge in [-0.3, -0.25) is 29.0 Å². The number of benzene rings is 1. The molecule has 2 saturated heterocycles. The number of allylic oxidation sites excluding steroid dienone is 3. The molecule has 0 bridgehead atoms. The minimum atomic E-state index is -1.01. The number of piperazine rings is 1. The number of amides is 3. The van der Waals surface area contributed by atoms with Gasteiger partial charge in [-0.15, -0.1) is 0 Å². The minimum absolute atomic E-state index is 0.0807. The van der Waals surface area contributed by atoms with E-state index in [1.165, 1.54) is 18.4 Å². The summed E-state index contributed by atoms with van der Waals surface area (Å²) < 4.78 is 0. The van der Waals surface area contributed by atoms with Gasteiger partial charge in [0.2, 0.25) is 12.3 Å². The van der Waals surface area contributed by atoms with Crippen LogP contribution < -0.4 is 10.2 Å². The molecule has 2 heterocycles. The highest BCUT2D eigenvalue weighted by molar-refractivity contribution is 6.03. The molecule has 1 aromatic carbocycles. The maximum absolute atomic E-state index is 13.3. The van der Waals surface area contributed by atoms with Crippen molar-refractivity contribution in [2.45, 2.75) is 45.1 Å². The van der Waals surface area contributed by atoms with Gasteiger partial charge < -0.3 is 19.9 Å². The largest absolute Gasteiger partial charge is 0.372 e. The number of likely N-dealkylation sites (N-methyl/N-ethyl adjacent to an activating group) is 1. The van der Waals surface area contributed by atoms with Crippen molar-refractivity contribution in [3.63, 3.8) is 0 Å². The van der Waals surface area contributed by atoms with Crippen molar-refractivity contribution >= 4 is 36.5 Å². The lowest BCUT2D eigenvalue weighted by Crippen LogP contribution is -2.50. The molecular weight excluding hydrogens is 534 g/mol. The maximum atomic E-state index is 13.3. The average molecular weight is 578 g/mol. The van der Waals surface area contributed by atoms with Crippen LogP contribution in [0.1, 0.15) is 49.4 Å². The van der Waals surface area contributed by atoms with E-state index in [9.17, 15) is 24.0 Å². The summed E-state index contributed by atoms with van der Waals surface area (Å²) in [6.07, 6.45) is 8.91. The summed E-state index contributed by atoms with van der Waals surface area (Å²) in [4.78, 5) is 67.6. The van der Waals surface area contributed by atoms with Gasteiger partial charge >= 0.3 is 0 Å². The summed E-state index contributed by atoms with van der Waals surface area (Å²) in [6, 6.07) is 6.82. The third-order valence-electron chi connectivity index (χ3n) is 8.84. The molecule has 1 aliphatic carbocycles. The molecule has 226 valence electrons. The maximum Gasteiger partial charge on any atom is 0.257 e. The molecular formula is C32H43N5O5. The molecule has 1 aromatic rings. The minimum Gasteiger partial charge on any atom is -0.372 e. The van der Waals surface area contributed by atoms with E-state index in [-0.39, 0.29) is 18.8 Å². The number of hydrogen-bond acceptors (Lipinski definition) is 8. The van der Waals surface area contributed by atoms with Crippen molar-refractivity contribution in [3.05, 3.63) is 53.3 Å². The van der Waals surface area contributed by atoms with Crippen molar-refractivity contribution in [3.8, 4) is 0 Å². The van der Waals surface area contributed by atoms with Gasteiger partial charge in [-0.05, 0) is 67.9 Å². The number of imide groups is 1. The van der Waals surface area contributed by atoms with Crippen LogP contribution >= 0.6 is 0 Å². The van der Waals surface area contributed by atoms with Crippen molar-refractivity contribution in [1.29, 1.82) is 0 Å². The van der Waals surface area contributed by atoms with Gasteiger partial charge in [0.15, 0.2) is 0 Å². The summed E-state index contributed by atoms with van der Waals surface area (Å²) in [7, 11) is 1.45. The SMILES string of the molecule is CNC(=O)C(CCC=O)N(C=O)C(=O)C1=CC=C(N2CCN(CC3CCN(c4ccc(C=O)cc4)CC3)CC2)CC1C. The number of nitrogens with zero attached hydrogens (tertiary/aromatic N) is 4. The normalized spacial score (nSPS) is 20.7. The molecule has 2 fully saturated rings. The Hall–Kier alpha value is -3.79. The molecule has 10 nitrogen and oxygen atoms in total. The first-order valence-electron chi connectivity index (χ1n) is 15.0. The second-order valence-corrected chi connectivity index (χ2v) is 11.5. The highest BCUT2D eigenvalue weighted by Gasteiger charge is 2.34. The van der Waals surface area contributed by atoms with E-state index in [0.717, 1.165) is 69.8 Å². The first kappa shape index (κ1) is 31.2. The molecule has 1 N–H and O–H groups in total. The first-order valence-corrected chi connectivity index (χ1v) is 15.0. The van der Waals surface area contributed by atoms with E-state index in [1.807, 2.05) is 37.3 Å². The van der Waals surface area contributed by atoms with E-state index >= 15 is 0 Å². The molecule has 42 heavy (non-hydrogen) atoms. The predicted molar refractivity (Wildman–Crippen MR) is 161 cm³/mol. The summed E-state index contributed by atoms with van der Waals surface area (Å²) in [6.45, 7) is 9.01. The molecule has 3 aliphatic rings. The zero-order valence-electron chi connectivity index (χ0n) is 24.7. The topological polar surface area (TPSA) is 110 Å². The average Bonchev–Trinajstić information content (AvgIpc) is 3.03. The molecule has 0 radical (unpaired) electrons. The van der Waals surface area contributed by atoms with Crippen molar-refractivity contribution in [2.75, 3.05) is 57.8 Å². The van der Waals surface area contributed by atoms with Crippen molar-refractivity contribution in [1.82, 2.24) is 20.0 Å². The summed E-state index contributed by atoms with van der Waals surface area (Å²) in [5, 5.41) is 2.49. The zero-order valence-corrected chi connectivity index (χ0v) is 24.7. The van der Waals surface area contributed by atoms with Crippen LogP contribution in [0.3, 0.4) is 0 Å². The summed E-state index contributed by atoms with van der Waals surface area (Å²) in [5.41, 5.74) is 3.58. The van der Waals surface area contributed by atoms with Gasteiger partial charge in [0.1, 0.15) is 18.6 Å². The second-order valence-electron chi connectivity index (χ2n) is 11.5. The first-order chi connectivity index (χ1) is 20.4. The molecule has 4 rings (SSSR count). The molecule has 0 aromatic heterocycles. The number of piperidine rings is 1. The number of anilines is 1. The molecule has 2 aliphatic heterocycles. The predicted octanol–water partition coefficient (Wildman–Crippen LogP) is 2.26. The summed E-state index contributed by atoms with van der Waals surface area (Å²) >= 11 is 0. The number of carbonyl (C=O) groups is 5. The Bertz CT molecular complexity index is 1180. The smallest absolute Gasteiger partial charge is 0.257 e. The summed E-state index contributed by atoms with van der Waals surface area (Å²) in [5.74, 6) is -0.375. The van der Waals surface area contributed by atoms with Crippen LogP contribution in [0.25, 0.3) is 0 Å². The zero-order chi connectivity index (χ0) is 30.1. The standard InChI is InChI=1S/C32H43N5O5/c1-24-20-28(9-10-29(24)32(42)37(23-40)30(4-3-19-38)31(41)33-2)36-17-15-34(16-18-36)21-25-11-13-35(14-12-25)27-7-5-26(22-39)6-8-27/h5-10,19,22-25,30H,3-4,11-18,20-21H2,1-2H3,(H,33,41). The van der Waals surface area contributed by atoms with Gasteiger partial charge in [-0.25, -0.2) is 0 Å². The van der Waals surface area contributed by atoms with Gasteiger partial charge in [-0.1, -0.05) is 13.0 Å². The second kappa shape index (κ2) is 14.9. The van der Waals surface area contributed by atoms with E-state index < -0.39 is 17.9 Å². The van der Waals surface area contributed by atoms with Crippen LogP contribution in [0.2, 0.25) is 0 Å². The Morgan fingerprint density at radius 3 is 2.24 bits per heavy atom. The van der Waals surface area contributed by atoms with E-state index in [2.05, 4.69) is 20.0 Å². The van der Waals surface area contributed by atoms with Gasteiger partial charge in [0.25, 0.3) is 5.91 Å². The van der Waals surface area contributed by atoms with Crippen LogP contribution in [0.15, 0.2) is 47.7 Å². The monoisotopic (exact) mass is 577 g/mol. The number of carbonyl (C=O) groups excluding carboxylic acids is 5. The number of nitrogens with one attached hydrogen (secondary N) is 1. The van der Waals surface area contributed by atoms with Crippen molar-refractivity contribution in [2.24, 2.45) is 11.8 Å². The Morgan fingerprint density at radius 1 is 0.976 bits per heavy atom. The van der Waals surface area contributed by atoms with Crippen LogP contribution in [0.5, 0.6) is 0 Å². The van der Waals surface area contributed by atoms with E-state index in [0.29, 0.717) is 36.2 Å². The fraction of sp³-hybridized carbons (Fsp3) is 0.531. The molecule has 3 amide bonds. The fourth-order valence-corrected chi connectivity index (χ4v) is 6.28. The Labute approximate surface area is 248 Å². The lowest BCUT2D eigenvalue weighted by Gasteiger charge is -2.41. The third kappa shape index (κ3) is 7.53. The van der Waals surface area contributed by atoms with Gasteiger partial charge in [0.05, 0.1) is 0 Å². The highest BCUT2D eigenvalue weighted by Crippen LogP contribution is 2.30. The van der Waals surface area contributed by atoms with E-state index in [1.54, 1.807) is 6.08 Å². The molecule has 0 spiro atoms. The number of rotatable bonds is 12. The quantitative estimate of drug-likeness (QED) is 0.377. The Morgan fingerprint density at radius 2 is 1.67 bits per heavy atom. The molecule has 10 heteroatoms. The number of aldehydes is 2. The highest BCUT2D eigenvalue weighted by atomic mass is 16.2. The van der Waals surface area contributed by atoms with Crippen LogP contribution in [-0.4, -0.2) is 104 Å². The Balaban J connectivity index is 1.28. The lowest BCUT2D eigenvalue weighted by atomic mass is 9.89.